The summed E-state index contributed by atoms with van der Waals surface area (Å²) in [5.74, 6) is 0.525. The average Bonchev–Trinajstić information content (AvgIpc) is 2.71. The zero-order valence-electron chi connectivity index (χ0n) is 10.2. The summed E-state index contributed by atoms with van der Waals surface area (Å²) in [6.07, 6.45) is 0. The van der Waals surface area contributed by atoms with Crippen LogP contribution in [0, 0.1) is 0 Å². The number of likely N-dealkylation sites (N-methyl/N-ethyl adjacent to an activating group) is 1. The maximum Gasteiger partial charge on any atom is 0.247 e. The first-order valence-corrected chi connectivity index (χ1v) is 8.08. The van der Waals surface area contributed by atoms with E-state index in [2.05, 4.69) is 15.9 Å². The molecule has 0 atom stereocenters. The van der Waals surface area contributed by atoms with Crippen molar-refractivity contribution in [2.45, 2.75) is 17.7 Å². The van der Waals surface area contributed by atoms with Gasteiger partial charge < -0.3 is 9.15 Å². The van der Waals surface area contributed by atoms with Crippen LogP contribution >= 0.6 is 27.5 Å². The van der Waals surface area contributed by atoms with Crippen LogP contribution in [0.4, 0.5) is 0 Å². The molecule has 1 heterocycles. The molecule has 1 rings (SSSR count). The minimum Gasteiger partial charge on any atom is -0.452 e. The molecule has 1 aromatic rings. The lowest BCUT2D eigenvalue weighted by atomic mass is 10.5. The van der Waals surface area contributed by atoms with Crippen molar-refractivity contribution in [1.82, 2.24) is 4.31 Å². The van der Waals surface area contributed by atoms with Gasteiger partial charge in [-0.15, -0.1) is 11.6 Å². The Bertz CT molecular complexity index is 488. The number of ether oxygens (including phenoxy) is 1. The van der Waals surface area contributed by atoms with Crippen LogP contribution in [-0.2, 0) is 20.6 Å². The van der Waals surface area contributed by atoms with Gasteiger partial charge in [-0.3, -0.25) is 0 Å². The van der Waals surface area contributed by atoms with Gasteiger partial charge in [-0.05, 0) is 22.9 Å². The molecule has 0 saturated carbocycles. The van der Waals surface area contributed by atoms with Crippen molar-refractivity contribution in [3.63, 3.8) is 0 Å². The summed E-state index contributed by atoms with van der Waals surface area (Å²) >= 11 is 8.68. The Labute approximate surface area is 120 Å². The molecule has 0 fully saturated rings. The fourth-order valence-electron chi connectivity index (χ4n) is 1.27. The van der Waals surface area contributed by atoms with Gasteiger partial charge in [-0.25, -0.2) is 8.42 Å². The van der Waals surface area contributed by atoms with Gasteiger partial charge in [0.2, 0.25) is 10.0 Å². The van der Waals surface area contributed by atoms with Crippen LogP contribution in [0.3, 0.4) is 0 Å². The highest BCUT2D eigenvalue weighted by molar-refractivity contribution is 9.10. The molecular weight excluding hydrogens is 346 g/mol. The van der Waals surface area contributed by atoms with Crippen molar-refractivity contribution < 1.29 is 17.6 Å². The van der Waals surface area contributed by atoms with E-state index in [0.29, 0.717) is 19.0 Å². The number of nitrogens with zero attached hydrogens (tertiary/aromatic N) is 1. The molecule has 0 aromatic carbocycles. The van der Waals surface area contributed by atoms with Crippen LogP contribution in [0.15, 0.2) is 20.0 Å². The smallest absolute Gasteiger partial charge is 0.247 e. The maximum atomic E-state index is 12.2. The quantitative estimate of drug-likeness (QED) is 0.553. The first kappa shape index (κ1) is 16.0. The highest BCUT2D eigenvalue weighted by Gasteiger charge is 2.26. The topological polar surface area (TPSA) is 59.8 Å². The lowest BCUT2D eigenvalue weighted by Gasteiger charge is -2.15. The van der Waals surface area contributed by atoms with Crippen LogP contribution < -0.4 is 0 Å². The first-order chi connectivity index (χ1) is 8.43. The van der Waals surface area contributed by atoms with Gasteiger partial charge in [0.1, 0.15) is 10.7 Å². The van der Waals surface area contributed by atoms with E-state index in [-0.39, 0.29) is 22.0 Å². The molecule has 0 aliphatic heterocycles. The molecule has 0 aliphatic rings. The van der Waals surface area contributed by atoms with Crippen molar-refractivity contribution in [3.05, 3.63) is 16.5 Å². The van der Waals surface area contributed by atoms with E-state index >= 15 is 0 Å². The van der Waals surface area contributed by atoms with Crippen LogP contribution in [0.25, 0.3) is 0 Å². The average molecular weight is 361 g/mol. The van der Waals surface area contributed by atoms with Crippen LogP contribution in [-0.4, -0.2) is 39.5 Å². The van der Waals surface area contributed by atoms with Gasteiger partial charge in [-0.2, -0.15) is 4.31 Å². The summed E-state index contributed by atoms with van der Waals surface area (Å²) in [7, 11) is -2.09. The molecule has 0 aliphatic carbocycles. The lowest BCUT2D eigenvalue weighted by Crippen LogP contribution is -2.30. The summed E-state index contributed by atoms with van der Waals surface area (Å²) in [5.41, 5.74) is 0. The Balaban J connectivity index is 2.87. The molecule has 8 heteroatoms. The molecule has 0 radical (unpaired) electrons. The Morgan fingerprint density at radius 1 is 1.56 bits per heavy atom. The Hall–Kier alpha value is -0.0800. The van der Waals surface area contributed by atoms with Gasteiger partial charge in [-0.1, -0.05) is 0 Å². The van der Waals surface area contributed by atoms with Crippen LogP contribution in [0.1, 0.15) is 12.7 Å². The number of hydrogen-bond donors (Lipinski definition) is 0. The predicted octanol–water partition coefficient (Wildman–Crippen LogP) is 2.44. The van der Waals surface area contributed by atoms with Gasteiger partial charge in [0.15, 0.2) is 4.67 Å². The van der Waals surface area contributed by atoms with Crippen molar-refractivity contribution in [3.8, 4) is 0 Å². The van der Waals surface area contributed by atoms with Crippen molar-refractivity contribution >= 4 is 37.6 Å². The molecule has 0 spiro atoms. The maximum absolute atomic E-state index is 12.2. The fourth-order valence-corrected chi connectivity index (χ4v) is 3.51. The summed E-state index contributed by atoms with van der Waals surface area (Å²) in [5, 5.41) is 0. The third-order valence-corrected chi connectivity index (χ3v) is 5.26. The zero-order chi connectivity index (χ0) is 13.8. The van der Waals surface area contributed by atoms with E-state index in [0.717, 1.165) is 0 Å². The Morgan fingerprint density at radius 3 is 2.72 bits per heavy atom. The Kier molecular flexibility index (Phi) is 6.13. The van der Waals surface area contributed by atoms with E-state index in [1.165, 1.54) is 17.4 Å². The molecule has 5 nitrogen and oxygen atoms in total. The highest BCUT2D eigenvalue weighted by atomic mass is 79.9. The largest absolute Gasteiger partial charge is 0.452 e. The van der Waals surface area contributed by atoms with E-state index in [1.54, 1.807) is 0 Å². The minimum atomic E-state index is -3.59. The molecule has 1 aromatic heterocycles. The molecule has 0 unspecified atom stereocenters. The van der Waals surface area contributed by atoms with Crippen molar-refractivity contribution in [2.24, 2.45) is 0 Å². The van der Waals surface area contributed by atoms with Crippen LogP contribution in [0.5, 0.6) is 0 Å². The molecular formula is C10H15BrClNO4S. The standard InChI is InChI=1S/C10H15BrClNO4S/c1-3-16-5-4-13(2)18(14,15)9-6-8(7-12)17-10(9)11/h6H,3-5,7H2,1-2H3. The number of rotatable bonds is 7. The third-order valence-electron chi connectivity index (χ3n) is 2.28. The van der Waals surface area contributed by atoms with Crippen LogP contribution in [0.2, 0.25) is 0 Å². The number of halogens is 2. The van der Waals surface area contributed by atoms with E-state index < -0.39 is 10.0 Å². The monoisotopic (exact) mass is 359 g/mol. The second-order valence-electron chi connectivity index (χ2n) is 3.51. The molecule has 18 heavy (non-hydrogen) atoms. The number of furan rings is 1. The van der Waals surface area contributed by atoms with Gasteiger partial charge >= 0.3 is 0 Å². The molecule has 0 saturated heterocycles. The van der Waals surface area contributed by atoms with E-state index in [9.17, 15) is 8.42 Å². The number of sulfonamides is 1. The molecule has 0 bridgehead atoms. The first-order valence-electron chi connectivity index (χ1n) is 5.31. The highest BCUT2D eigenvalue weighted by Crippen LogP contribution is 2.28. The second kappa shape index (κ2) is 6.91. The lowest BCUT2D eigenvalue weighted by molar-refractivity contribution is 0.138. The van der Waals surface area contributed by atoms with Gasteiger partial charge in [0, 0.05) is 26.3 Å². The second-order valence-corrected chi connectivity index (χ2v) is 6.51. The Morgan fingerprint density at radius 2 is 2.22 bits per heavy atom. The van der Waals surface area contributed by atoms with Gasteiger partial charge in [0.25, 0.3) is 0 Å². The van der Waals surface area contributed by atoms with E-state index in [1.807, 2.05) is 6.92 Å². The van der Waals surface area contributed by atoms with E-state index in [4.69, 9.17) is 20.8 Å². The third kappa shape index (κ3) is 3.71. The predicted molar refractivity (Wildman–Crippen MR) is 72.3 cm³/mol. The number of hydrogen-bond acceptors (Lipinski definition) is 4. The summed E-state index contributed by atoms with van der Waals surface area (Å²) in [4.78, 5) is 0.0807. The summed E-state index contributed by atoms with van der Waals surface area (Å²) in [6, 6.07) is 1.42. The van der Waals surface area contributed by atoms with Crippen molar-refractivity contribution in [1.29, 1.82) is 0 Å². The molecule has 104 valence electrons. The van der Waals surface area contributed by atoms with Gasteiger partial charge in [0.05, 0.1) is 12.5 Å². The summed E-state index contributed by atoms with van der Waals surface area (Å²) in [6.45, 7) is 3.04. The zero-order valence-corrected chi connectivity index (χ0v) is 13.3. The summed E-state index contributed by atoms with van der Waals surface area (Å²) < 4.78 is 36.1. The van der Waals surface area contributed by atoms with Crippen molar-refractivity contribution in [2.75, 3.05) is 26.8 Å². The molecule has 0 N–H and O–H groups in total. The minimum absolute atomic E-state index is 0.0807. The SMILES string of the molecule is CCOCCN(C)S(=O)(=O)c1cc(CCl)oc1Br. The number of alkyl halides is 1. The fraction of sp³-hybridized carbons (Fsp3) is 0.600. The normalized spacial score (nSPS) is 12.3. The molecule has 0 amide bonds.